The number of amides is 2. The third-order valence-corrected chi connectivity index (χ3v) is 4.15. The fourth-order valence-corrected chi connectivity index (χ4v) is 2.91. The molecule has 0 radical (unpaired) electrons. The van der Waals surface area contributed by atoms with E-state index in [9.17, 15) is 9.59 Å². The van der Waals surface area contributed by atoms with E-state index in [0.29, 0.717) is 50.7 Å². The van der Waals surface area contributed by atoms with E-state index in [1.165, 1.54) is 0 Å². The number of carbonyl (C=O) groups is 2. The normalized spacial score (nSPS) is 20.2. The Bertz CT molecular complexity index is 590. The van der Waals surface area contributed by atoms with E-state index in [-0.39, 0.29) is 30.7 Å². The predicted molar refractivity (Wildman–Crippen MR) is 98.7 cm³/mol. The Morgan fingerprint density at radius 2 is 1.96 bits per heavy atom. The van der Waals surface area contributed by atoms with Gasteiger partial charge in [0.05, 0.1) is 12.2 Å². The number of nitrogens with two attached hydrogens (primary N) is 1. The number of nitrogens with one attached hydrogen (secondary N) is 1. The molecule has 10 heteroatoms. The second-order valence-electron chi connectivity index (χ2n) is 5.61. The molecule has 25 heavy (non-hydrogen) atoms. The maximum atomic E-state index is 12.4. The highest BCUT2D eigenvalue weighted by Crippen LogP contribution is 2.19. The molecule has 2 saturated heterocycles. The van der Waals surface area contributed by atoms with E-state index < -0.39 is 12.0 Å². The van der Waals surface area contributed by atoms with E-state index >= 15 is 0 Å². The lowest BCUT2D eigenvalue weighted by molar-refractivity contribution is -0.145. The number of rotatable bonds is 3. The van der Waals surface area contributed by atoms with E-state index in [2.05, 4.69) is 10.3 Å². The van der Waals surface area contributed by atoms with E-state index in [4.69, 9.17) is 10.5 Å². The second-order valence-corrected chi connectivity index (χ2v) is 5.61. The molecule has 3 rings (SSSR count). The zero-order chi connectivity index (χ0) is 16.2. The molecule has 1 unspecified atom stereocenters. The van der Waals surface area contributed by atoms with Crippen LogP contribution in [0, 0.1) is 0 Å². The highest BCUT2D eigenvalue weighted by Gasteiger charge is 2.30. The Balaban J connectivity index is 0.00000156. The average Bonchev–Trinajstić information content (AvgIpc) is 2.62. The Morgan fingerprint density at radius 1 is 1.24 bits per heavy atom. The summed E-state index contributed by atoms with van der Waals surface area (Å²) >= 11 is 0. The van der Waals surface area contributed by atoms with Gasteiger partial charge in [0.1, 0.15) is 11.9 Å². The molecule has 3 heterocycles. The van der Waals surface area contributed by atoms with Crippen molar-refractivity contribution in [2.24, 2.45) is 5.73 Å². The lowest BCUT2D eigenvalue weighted by Crippen LogP contribution is -2.55. The van der Waals surface area contributed by atoms with Gasteiger partial charge in [-0.15, -0.1) is 24.8 Å². The zero-order valence-corrected chi connectivity index (χ0v) is 15.4. The van der Waals surface area contributed by atoms with Crippen LogP contribution in [0.2, 0.25) is 0 Å². The van der Waals surface area contributed by atoms with Crippen LogP contribution >= 0.6 is 24.8 Å². The first-order valence-electron chi connectivity index (χ1n) is 7.77. The van der Waals surface area contributed by atoms with Crippen LogP contribution in [0.3, 0.4) is 0 Å². The fourth-order valence-electron chi connectivity index (χ4n) is 2.91. The molecule has 140 valence electrons. The molecule has 0 bridgehead atoms. The van der Waals surface area contributed by atoms with Gasteiger partial charge in [-0.3, -0.25) is 9.59 Å². The number of ether oxygens (including phenoxy) is 1. The van der Waals surface area contributed by atoms with Gasteiger partial charge in [0.25, 0.3) is 11.8 Å². The van der Waals surface area contributed by atoms with Crippen LogP contribution in [-0.4, -0.2) is 73.7 Å². The number of nitrogens with zero attached hydrogens (tertiary/aromatic N) is 3. The zero-order valence-electron chi connectivity index (χ0n) is 13.7. The molecule has 2 aliphatic heterocycles. The molecule has 2 aliphatic rings. The average molecular weight is 392 g/mol. The highest BCUT2D eigenvalue weighted by atomic mass is 35.5. The van der Waals surface area contributed by atoms with Gasteiger partial charge >= 0.3 is 0 Å². The summed E-state index contributed by atoms with van der Waals surface area (Å²) in [5, 5.41) is 3.17. The van der Waals surface area contributed by atoms with Crippen molar-refractivity contribution < 1.29 is 14.3 Å². The minimum Gasteiger partial charge on any atom is -0.366 e. The Kier molecular flexibility index (Phi) is 8.37. The number of anilines is 1. The summed E-state index contributed by atoms with van der Waals surface area (Å²) in [5.41, 5.74) is 5.81. The minimum absolute atomic E-state index is 0. The van der Waals surface area contributed by atoms with Crippen molar-refractivity contribution >= 4 is 42.4 Å². The fraction of sp³-hybridized carbons (Fsp3) is 0.533. The molecule has 0 aliphatic carbocycles. The number of hydrogen-bond acceptors (Lipinski definition) is 6. The molecule has 1 aromatic heterocycles. The first-order chi connectivity index (χ1) is 11.2. The number of piperazine rings is 1. The smallest absolute Gasteiger partial charge is 0.253 e. The summed E-state index contributed by atoms with van der Waals surface area (Å²) < 4.78 is 5.51. The molecule has 1 aromatic rings. The van der Waals surface area contributed by atoms with E-state index in [0.717, 1.165) is 6.54 Å². The quantitative estimate of drug-likeness (QED) is 0.730. The van der Waals surface area contributed by atoms with Crippen molar-refractivity contribution in [1.82, 2.24) is 15.2 Å². The van der Waals surface area contributed by atoms with Gasteiger partial charge in [-0.05, 0) is 12.1 Å². The number of primary amides is 1. The lowest BCUT2D eigenvalue weighted by Gasteiger charge is -2.37. The summed E-state index contributed by atoms with van der Waals surface area (Å²) in [6.45, 7) is 4.29. The topological polar surface area (TPSA) is 101 Å². The Hall–Kier alpha value is -1.61. The van der Waals surface area contributed by atoms with Gasteiger partial charge in [0.2, 0.25) is 0 Å². The number of halogens is 2. The molecule has 0 aromatic carbocycles. The van der Waals surface area contributed by atoms with Gasteiger partial charge in [0, 0.05) is 45.5 Å². The predicted octanol–water partition coefficient (Wildman–Crippen LogP) is -0.339. The van der Waals surface area contributed by atoms with Crippen molar-refractivity contribution in [1.29, 1.82) is 0 Å². The minimum atomic E-state index is -0.492. The number of morpholine rings is 1. The summed E-state index contributed by atoms with van der Waals surface area (Å²) in [6.07, 6.45) is 1.24. The largest absolute Gasteiger partial charge is 0.366 e. The van der Waals surface area contributed by atoms with E-state index in [1.54, 1.807) is 23.2 Å². The Labute approximate surface area is 158 Å². The molecule has 8 nitrogen and oxygen atoms in total. The van der Waals surface area contributed by atoms with Gasteiger partial charge in [-0.2, -0.15) is 0 Å². The third kappa shape index (κ3) is 4.94. The van der Waals surface area contributed by atoms with Crippen LogP contribution in [0.5, 0.6) is 0 Å². The van der Waals surface area contributed by atoms with Crippen LogP contribution in [0.4, 0.5) is 5.82 Å². The van der Waals surface area contributed by atoms with Crippen LogP contribution in [-0.2, 0) is 9.53 Å². The van der Waals surface area contributed by atoms with Crippen molar-refractivity contribution in [3.05, 3.63) is 23.9 Å². The number of aromatic nitrogens is 1. The SMILES string of the molecule is Cl.Cl.NC(=O)c1cccnc1N1CCN(C(=O)C2CNCCO2)CC1. The molecule has 0 saturated carbocycles. The van der Waals surface area contributed by atoms with Crippen LogP contribution in [0.15, 0.2) is 18.3 Å². The number of hydrogen-bond donors (Lipinski definition) is 2. The summed E-state index contributed by atoms with van der Waals surface area (Å²) in [5.74, 6) is 0.115. The van der Waals surface area contributed by atoms with E-state index in [1.807, 2.05) is 4.90 Å². The lowest BCUT2D eigenvalue weighted by atomic mass is 10.2. The van der Waals surface area contributed by atoms with Crippen molar-refractivity contribution in [3.8, 4) is 0 Å². The maximum absolute atomic E-state index is 12.4. The van der Waals surface area contributed by atoms with Crippen LogP contribution in [0.25, 0.3) is 0 Å². The van der Waals surface area contributed by atoms with Crippen molar-refractivity contribution in [2.75, 3.05) is 50.8 Å². The summed E-state index contributed by atoms with van der Waals surface area (Å²) in [7, 11) is 0. The van der Waals surface area contributed by atoms with Gasteiger partial charge in [-0.1, -0.05) is 0 Å². The van der Waals surface area contributed by atoms with Gasteiger partial charge < -0.3 is 25.6 Å². The first kappa shape index (κ1) is 21.4. The highest BCUT2D eigenvalue weighted by molar-refractivity contribution is 5.97. The number of carbonyl (C=O) groups excluding carboxylic acids is 2. The second kappa shape index (κ2) is 9.76. The van der Waals surface area contributed by atoms with Gasteiger partial charge in [0.15, 0.2) is 0 Å². The monoisotopic (exact) mass is 391 g/mol. The Morgan fingerprint density at radius 3 is 2.56 bits per heavy atom. The summed E-state index contributed by atoms with van der Waals surface area (Å²) in [4.78, 5) is 32.0. The molecule has 2 amide bonds. The first-order valence-corrected chi connectivity index (χ1v) is 7.77. The number of pyridine rings is 1. The molecule has 2 fully saturated rings. The summed E-state index contributed by atoms with van der Waals surface area (Å²) in [6, 6.07) is 3.36. The van der Waals surface area contributed by atoms with Crippen LogP contribution in [0.1, 0.15) is 10.4 Å². The van der Waals surface area contributed by atoms with Gasteiger partial charge in [-0.25, -0.2) is 4.98 Å². The van der Waals surface area contributed by atoms with Crippen molar-refractivity contribution in [3.63, 3.8) is 0 Å². The molecule has 1 atom stereocenters. The van der Waals surface area contributed by atoms with Crippen molar-refractivity contribution in [2.45, 2.75) is 6.10 Å². The molecular formula is C15H23Cl2N5O3. The molecule has 3 N–H and O–H groups in total. The maximum Gasteiger partial charge on any atom is 0.253 e. The third-order valence-electron chi connectivity index (χ3n) is 4.15. The molecule has 0 spiro atoms. The molecular weight excluding hydrogens is 369 g/mol. The standard InChI is InChI=1S/C15H21N5O3.2ClH/c16-13(21)11-2-1-3-18-14(11)19-5-7-20(8-6-19)15(22)12-10-17-4-9-23-12;;/h1-3,12,17H,4-10H2,(H2,16,21);2*1H. The van der Waals surface area contributed by atoms with Crippen LogP contribution < -0.4 is 16.0 Å².